The van der Waals surface area contributed by atoms with Crippen molar-refractivity contribution in [1.29, 1.82) is 0 Å². The first-order valence-corrected chi connectivity index (χ1v) is 7.81. The van der Waals surface area contributed by atoms with E-state index in [0.717, 1.165) is 18.4 Å². The predicted molar refractivity (Wildman–Crippen MR) is 90.7 cm³/mol. The summed E-state index contributed by atoms with van der Waals surface area (Å²) < 4.78 is 0. The molecule has 0 aliphatic rings. The highest BCUT2D eigenvalue weighted by Gasteiger charge is 2.17. The highest BCUT2D eigenvalue weighted by atomic mass is 16.2. The van der Waals surface area contributed by atoms with Crippen LogP contribution in [0.3, 0.4) is 0 Å². The molecule has 0 unspecified atom stereocenters. The Morgan fingerprint density at radius 1 is 0.913 bits per heavy atom. The van der Waals surface area contributed by atoms with E-state index >= 15 is 0 Å². The number of hydrogen-bond acceptors (Lipinski definition) is 2. The van der Waals surface area contributed by atoms with E-state index in [2.05, 4.69) is 5.32 Å². The Balaban J connectivity index is 1.81. The molecule has 1 atom stereocenters. The van der Waals surface area contributed by atoms with E-state index in [-0.39, 0.29) is 12.3 Å². The molecule has 2 aromatic rings. The van der Waals surface area contributed by atoms with Crippen molar-refractivity contribution in [2.75, 3.05) is 0 Å². The van der Waals surface area contributed by atoms with Crippen molar-refractivity contribution < 1.29 is 9.59 Å². The van der Waals surface area contributed by atoms with Crippen LogP contribution in [0.15, 0.2) is 60.7 Å². The van der Waals surface area contributed by atoms with Crippen LogP contribution >= 0.6 is 0 Å². The molecule has 4 nitrogen and oxygen atoms in total. The summed E-state index contributed by atoms with van der Waals surface area (Å²) in [6, 6.07) is 18.9. The van der Waals surface area contributed by atoms with Crippen molar-refractivity contribution in [2.24, 2.45) is 5.73 Å². The number of carbonyl (C=O) groups is 2. The van der Waals surface area contributed by atoms with Crippen LogP contribution in [-0.2, 0) is 22.4 Å². The van der Waals surface area contributed by atoms with Gasteiger partial charge in [-0.05, 0) is 30.4 Å². The second-order valence-electron chi connectivity index (χ2n) is 5.56. The summed E-state index contributed by atoms with van der Waals surface area (Å²) in [5.74, 6) is -0.667. The number of carbonyl (C=O) groups excluding carboxylic acids is 2. The molecule has 23 heavy (non-hydrogen) atoms. The van der Waals surface area contributed by atoms with E-state index in [4.69, 9.17) is 5.73 Å². The first-order valence-electron chi connectivity index (χ1n) is 7.81. The number of benzene rings is 2. The molecule has 0 heterocycles. The minimum atomic E-state index is -0.616. The van der Waals surface area contributed by atoms with Crippen molar-refractivity contribution in [2.45, 2.75) is 31.7 Å². The average Bonchev–Trinajstić information content (AvgIpc) is 2.55. The zero-order valence-electron chi connectivity index (χ0n) is 13.1. The van der Waals surface area contributed by atoms with Crippen molar-refractivity contribution in [3.63, 3.8) is 0 Å². The Labute approximate surface area is 136 Å². The van der Waals surface area contributed by atoms with Gasteiger partial charge in [-0.15, -0.1) is 0 Å². The Morgan fingerprint density at radius 2 is 1.48 bits per heavy atom. The zero-order valence-corrected chi connectivity index (χ0v) is 13.1. The Hall–Kier alpha value is -2.62. The van der Waals surface area contributed by atoms with Gasteiger partial charge < -0.3 is 11.1 Å². The van der Waals surface area contributed by atoms with Crippen LogP contribution in [-0.4, -0.2) is 17.9 Å². The van der Waals surface area contributed by atoms with Gasteiger partial charge in [-0.1, -0.05) is 60.7 Å². The van der Waals surface area contributed by atoms with Crippen LogP contribution in [0.4, 0.5) is 0 Å². The van der Waals surface area contributed by atoms with E-state index in [9.17, 15) is 9.59 Å². The Kier molecular flexibility index (Phi) is 6.36. The summed E-state index contributed by atoms with van der Waals surface area (Å²) in [4.78, 5) is 23.6. The van der Waals surface area contributed by atoms with Crippen LogP contribution in [0.2, 0.25) is 0 Å². The maximum Gasteiger partial charge on any atom is 0.239 e. The SMILES string of the molecule is NC(=O)[C@H](CCCc1ccccc1)NC(=O)Cc1ccccc1. The largest absolute Gasteiger partial charge is 0.368 e. The molecule has 2 aromatic carbocycles. The maximum atomic E-state index is 12.0. The molecular formula is C19H22N2O2. The van der Waals surface area contributed by atoms with Gasteiger partial charge in [0.05, 0.1) is 6.42 Å². The normalized spacial score (nSPS) is 11.7. The fourth-order valence-electron chi connectivity index (χ4n) is 2.47. The monoisotopic (exact) mass is 310 g/mol. The number of primary amides is 1. The number of hydrogen-bond donors (Lipinski definition) is 2. The van der Waals surface area contributed by atoms with Crippen LogP contribution in [0.1, 0.15) is 24.0 Å². The molecule has 0 aliphatic heterocycles. The highest BCUT2D eigenvalue weighted by Crippen LogP contribution is 2.07. The van der Waals surface area contributed by atoms with Crippen LogP contribution in [0.25, 0.3) is 0 Å². The molecule has 0 fully saturated rings. The third kappa shape index (κ3) is 5.94. The second kappa shape index (κ2) is 8.73. The van der Waals surface area contributed by atoms with Gasteiger partial charge in [-0.3, -0.25) is 9.59 Å². The summed E-state index contributed by atoms with van der Waals surface area (Å²) in [7, 11) is 0. The number of rotatable bonds is 8. The van der Waals surface area contributed by atoms with Crippen LogP contribution in [0.5, 0.6) is 0 Å². The number of amides is 2. The lowest BCUT2D eigenvalue weighted by atomic mass is 10.0. The van der Waals surface area contributed by atoms with Gasteiger partial charge in [0.2, 0.25) is 11.8 Å². The molecular weight excluding hydrogens is 288 g/mol. The first kappa shape index (κ1) is 16.7. The first-order chi connectivity index (χ1) is 11.1. The van der Waals surface area contributed by atoms with Crippen molar-refractivity contribution in [3.8, 4) is 0 Å². The molecule has 0 spiro atoms. The lowest BCUT2D eigenvalue weighted by molar-refractivity contribution is -0.127. The van der Waals surface area contributed by atoms with Gasteiger partial charge >= 0.3 is 0 Å². The van der Waals surface area contributed by atoms with Crippen LogP contribution in [0, 0.1) is 0 Å². The molecule has 0 aromatic heterocycles. The summed E-state index contributed by atoms with van der Waals surface area (Å²) in [6.45, 7) is 0. The molecule has 2 rings (SSSR count). The van der Waals surface area contributed by atoms with Crippen molar-refractivity contribution in [1.82, 2.24) is 5.32 Å². The molecule has 3 N–H and O–H groups in total. The molecule has 0 radical (unpaired) electrons. The smallest absolute Gasteiger partial charge is 0.239 e. The lowest BCUT2D eigenvalue weighted by Gasteiger charge is -2.15. The predicted octanol–water partition coefficient (Wildman–Crippen LogP) is 2.22. The highest BCUT2D eigenvalue weighted by molar-refractivity contribution is 5.87. The van der Waals surface area contributed by atoms with Crippen molar-refractivity contribution >= 4 is 11.8 Å². The lowest BCUT2D eigenvalue weighted by Crippen LogP contribution is -2.45. The van der Waals surface area contributed by atoms with Gasteiger partial charge in [0.25, 0.3) is 0 Å². The van der Waals surface area contributed by atoms with Gasteiger partial charge in [-0.25, -0.2) is 0 Å². The summed E-state index contributed by atoms with van der Waals surface area (Å²) >= 11 is 0. The summed E-state index contributed by atoms with van der Waals surface area (Å²) in [5, 5.41) is 2.74. The topological polar surface area (TPSA) is 72.2 Å². The molecule has 4 heteroatoms. The minimum absolute atomic E-state index is 0.181. The fraction of sp³-hybridized carbons (Fsp3) is 0.263. The zero-order chi connectivity index (χ0) is 16.5. The average molecular weight is 310 g/mol. The van der Waals surface area contributed by atoms with Crippen molar-refractivity contribution in [3.05, 3.63) is 71.8 Å². The molecule has 0 bridgehead atoms. The third-order valence-electron chi connectivity index (χ3n) is 3.69. The minimum Gasteiger partial charge on any atom is -0.368 e. The standard InChI is InChI=1S/C19H22N2O2/c20-19(23)17(13-7-12-15-8-3-1-4-9-15)21-18(22)14-16-10-5-2-6-11-16/h1-6,8-11,17H,7,12-14H2,(H2,20,23)(H,21,22)/t17-/m0/s1. The molecule has 2 amide bonds. The quantitative estimate of drug-likeness (QED) is 0.785. The molecule has 120 valence electrons. The molecule has 0 saturated heterocycles. The number of aryl methyl sites for hydroxylation is 1. The fourth-order valence-corrected chi connectivity index (χ4v) is 2.47. The van der Waals surface area contributed by atoms with Gasteiger partial charge in [0.15, 0.2) is 0 Å². The van der Waals surface area contributed by atoms with E-state index < -0.39 is 11.9 Å². The van der Waals surface area contributed by atoms with E-state index in [1.807, 2.05) is 60.7 Å². The van der Waals surface area contributed by atoms with Gasteiger partial charge in [-0.2, -0.15) is 0 Å². The van der Waals surface area contributed by atoms with Gasteiger partial charge in [0, 0.05) is 0 Å². The summed E-state index contributed by atoms with van der Waals surface area (Å²) in [6.07, 6.45) is 2.45. The van der Waals surface area contributed by atoms with E-state index in [1.54, 1.807) is 0 Å². The molecule has 0 saturated carbocycles. The maximum absolute atomic E-state index is 12.0. The summed E-state index contributed by atoms with van der Waals surface area (Å²) in [5.41, 5.74) is 7.53. The Morgan fingerprint density at radius 3 is 2.04 bits per heavy atom. The second-order valence-corrected chi connectivity index (χ2v) is 5.56. The Bertz CT molecular complexity index is 626. The van der Waals surface area contributed by atoms with E-state index in [1.165, 1.54) is 5.56 Å². The number of nitrogens with one attached hydrogen (secondary N) is 1. The van der Waals surface area contributed by atoms with E-state index in [0.29, 0.717) is 6.42 Å². The molecule has 0 aliphatic carbocycles. The van der Waals surface area contributed by atoms with Gasteiger partial charge in [0.1, 0.15) is 6.04 Å². The number of nitrogens with two attached hydrogens (primary N) is 1. The third-order valence-corrected chi connectivity index (χ3v) is 3.69. The van der Waals surface area contributed by atoms with Crippen LogP contribution < -0.4 is 11.1 Å².